The van der Waals surface area contributed by atoms with E-state index in [1.807, 2.05) is 20.2 Å². The van der Waals surface area contributed by atoms with Crippen molar-refractivity contribution in [2.45, 2.75) is 20.4 Å². The third-order valence-corrected chi connectivity index (χ3v) is 2.65. The number of amides is 1. The van der Waals surface area contributed by atoms with E-state index in [9.17, 15) is 4.79 Å². The van der Waals surface area contributed by atoms with Crippen LogP contribution in [0.3, 0.4) is 0 Å². The van der Waals surface area contributed by atoms with E-state index in [4.69, 9.17) is 0 Å². The van der Waals surface area contributed by atoms with Crippen LogP contribution in [0.15, 0.2) is 18.3 Å². The summed E-state index contributed by atoms with van der Waals surface area (Å²) < 4.78 is 1.79. The minimum atomic E-state index is -0.0210. The fourth-order valence-corrected chi connectivity index (χ4v) is 1.80. The average Bonchev–Trinajstić information content (AvgIpc) is 2.57. The number of benzene rings is 1. The summed E-state index contributed by atoms with van der Waals surface area (Å²) in [6.45, 7) is 4.09. The predicted octanol–water partition coefficient (Wildman–Crippen LogP) is 1.52. The fraction of sp³-hybridized carbons (Fsp3) is 0.333. The first-order valence-electron chi connectivity index (χ1n) is 5.24. The molecule has 1 aromatic carbocycles. The molecule has 16 heavy (non-hydrogen) atoms. The summed E-state index contributed by atoms with van der Waals surface area (Å²) >= 11 is 0. The van der Waals surface area contributed by atoms with Crippen molar-refractivity contribution in [1.29, 1.82) is 0 Å². The smallest absolute Gasteiger partial charge is 0.217 e. The van der Waals surface area contributed by atoms with Gasteiger partial charge in [0.2, 0.25) is 5.91 Å². The van der Waals surface area contributed by atoms with Gasteiger partial charge in [-0.15, -0.1) is 0 Å². The minimum Gasteiger partial charge on any atom is -0.352 e. The molecule has 2 rings (SSSR count). The van der Waals surface area contributed by atoms with Crippen molar-refractivity contribution in [3.8, 4) is 0 Å². The summed E-state index contributed by atoms with van der Waals surface area (Å²) in [4.78, 5) is 10.9. The third-order valence-electron chi connectivity index (χ3n) is 2.65. The number of rotatable bonds is 2. The van der Waals surface area contributed by atoms with Gasteiger partial charge < -0.3 is 5.32 Å². The van der Waals surface area contributed by atoms with Gasteiger partial charge >= 0.3 is 0 Å². The quantitative estimate of drug-likeness (QED) is 0.829. The van der Waals surface area contributed by atoms with Gasteiger partial charge in [-0.05, 0) is 12.5 Å². The number of fused-ring (bicyclic) bond motifs is 1. The number of nitrogens with zero attached hydrogens (tertiary/aromatic N) is 2. The average molecular weight is 217 g/mol. The molecule has 1 amide bonds. The Bertz CT molecular complexity index is 542. The lowest BCUT2D eigenvalue weighted by molar-refractivity contribution is -0.119. The van der Waals surface area contributed by atoms with E-state index < -0.39 is 0 Å². The van der Waals surface area contributed by atoms with Gasteiger partial charge in [-0.3, -0.25) is 9.48 Å². The Morgan fingerprint density at radius 1 is 1.50 bits per heavy atom. The second-order valence-electron chi connectivity index (χ2n) is 4.01. The van der Waals surface area contributed by atoms with Crippen molar-refractivity contribution in [3.63, 3.8) is 0 Å². The molecular formula is C12H15N3O. The molecule has 84 valence electrons. The predicted molar refractivity (Wildman–Crippen MR) is 63.0 cm³/mol. The molecule has 4 nitrogen and oxygen atoms in total. The molecule has 0 aliphatic carbocycles. The fourth-order valence-electron chi connectivity index (χ4n) is 1.80. The zero-order chi connectivity index (χ0) is 11.7. The molecule has 0 bridgehead atoms. The summed E-state index contributed by atoms with van der Waals surface area (Å²) in [5.74, 6) is -0.0210. The summed E-state index contributed by atoms with van der Waals surface area (Å²) in [6.07, 6.45) is 1.98. The van der Waals surface area contributed by atoms with Crippen LogP contribution in [0.5, 0.6) is 0 Å². The number of carbonyl (C=O) groups is 1. The maximum Gasteiger partial charge on any atom is 0.217 e. The van der Waals surface area contributed by atoms with Crippen molar-refractivity contribution < 1.29 is 4.79 Å². The second kappa shape index (κ2) is 3.96. The van der Waals surface area contributed by atoms with Gasteiger partial charge in [0.25, 0.3) is 0 Å². The molecule has 0 aliphatic heterocycles. The Labute approximate surface area is 94.3 Å². The van der Waals surface area contributed by atoms with E-state index in [1.165, 1.54) is 6.92 Å². The lowest BCUT2D eigenvalue weighted by atomic mass is 10.1. The zero-order valence-corrected chi connectivity index (χ0v) is 9.74. The molecule has 0 saturated heterocycles. The Balaban J connectivity index is 2.47. The molecule has 0 radical (unpaired) electrons. The van der Waals surface area contributed by atoms with Crippen molar-refractivity contribution >= 4 is 16.8 Å². The SMILES string of the molecule is CC(=O)NCc1c(C)ccc2cn(C)nc12. The first-order valence-corrected chi connectivity index (χ1v) is 5.24. The van der Waals surface area contributed by atoms with Crippen molar-refractivity contribution in [2.24, 2.45) is 7.05 Å². The summed E-state index contributed by atoms with van der Waals surface area (Å²) in [5.41, 5.74) is 3.21. The van der Waals surface area contributed by atoms with E-state index in [2.05, 4.69) is 22.5 Å². The molecule has 2 aromatic rings. The number of aryl methyl sites for hydroxylation is 2. The minimum absolute atomic E-state index is 0.0210. The van der Waals surface area contributed by atoms with E-state index in [-0.39, 0.29) is 5.91 Å². The number of nitrogens with one attached hydrogen (secondary N) is 1. The maximum atomic E-state index is 10.9. The zero-order valence-electron chi connectivity index (χ0n) is 9.74. The van der Waals surface area contributed by atoms with Gasteiger partial charge in [-0.2, -0.15) is 5.10 Å². The van der Waals surface area contributed by atoms with Gasteiger partial charge in [0.15, 0.2) is 0 Å². The van der Waals surface area contributed by atoms with Gasteiger partial charge in [0, 0.05) is 37.7 Å². The highest BCUT2D eigenvalue weighted by Crippen LogP contribution is 2.20. The van der Waals surface area contributed by atoms with Crippen LogP contribution in [0.1, 0.15) is 18.1 Å². The van der Waals surface area contributed by atoms with Crippen molar-refractivity contribution in [2.75, 3.05) is 0 Å². The molecule has 0 unspecified atom stereocenters. The van der Waals surface area contributed by atoms with Crippen LogP contribution >= 0.6 is 0 Å². The molecule has 0 atom stereocenters. The highest BCUT2D eigenvalue weighted by molar-refractivity contribution is 5.83. The lowest BCUT2D eigenvalue weighted by Crippen LogP contribution is -2.19. The summed E-state index contributed by atoms with van der Waals surface area (Å²) in [7, 11) is 1.90. The normalized spacial score (nSPS) is 10.7. The van der Waals surface area contributed by atoms with Gasteiger partial charge in [-0.25, -0.2) is 0 Å². The van der Waals surface area contributed by atoms with Crippen LogP contribution in [0.4, 0.5) is 0 Å². The van der Waals surface area contributed by atoms with Gasteiger partial charge in [-0.1, -0.05) is 12.1 Å². The monoisotopic (exact) mass is 217 g/mol. The second-order valence-corrected chi connectivity index (χ2v) is 4.01. The Hall–Kier alpha value is -1.84. The number of hydrogen-bond acceptors (Lipinski definition) is 2. The van der Waals surface area contributed by atoms with E-state index in [1.54, 1.807) is 4.68 Å². The van der Waals surface area contributed by atoms with E-state index >= 15 is 0 Å². The highest BCUT2D eigenvalue weighted by Gasteiger charge is 2.08. The van der Waals surface area contributed by atoms with Gasteiger partial charge in [0.1, 0.15) is 0 Å². The van der Waals surface area contributed by atoms with Crippen LogP contribution in [0.2, 0.25) is 0 Å². The van der Waals surface area contributed by atoms with Gasteiger partial charge in [0.05, 0.1) is 5.52 Å². The molecule has 0 saturated carbocycles. The topological polar surface area (TPSA) is 46.9 Å². The highest BCUT2D eigenvalue weighted by atomic mass is 16.1. The third kappa shape index (κ3) is 1.91. The van der Waals surface area contributed by atoms with E-state index in [0.717, 1.165) is 22.0 Å². The Morgan fingerprint density at radius 2 is 2.25 bits per heavy atom. The summed E-state index contributed by atoms with van der Waals surface area (Å²) in [6, 6.07) is 4.11. The lowest BCUT2D eigenvalue weighted by Gasteiger charge is -2.06. The molecule has 0 aliphatic rings. The van der Waals surface area contributed by atoms with Crippen LogP contribution in [-0.2, 0) is 18.4 Å². The van der Waals surface area contributed by atoms with Crippen LogP contribution in [0, 0.1) is 6.92 Å². The first kappa shape index (κ1) is 10.7. The summed E-state index contributed by atoms with van der Waals surface area (Å²) in [5, 5.41) is 8.34. The molecular weight excluding hydrogens is 202 g/mol. The number of hydrogen-bond donors (Lipinski definition) is 1. The van der Waals surface area contributed by atoms with E-state index in [0.29, 0.717) is 6.54 Å². The number of aromatic nitrogens is 2. The molecule has 0 spiro atoms. The van der Waals surface area contributed by atoms with Crippen LogP contribution < -0.4 is 5.32 Å². The molecule has 1 heterocycles. The Kier molecular flexibility index (Phi) is 2.64. The maximum absolute atomic E-state index is 10.9. The molecule has 4 heteroatoms. The standard InChI is InChI=1S/C12H15N3O/c1-8-4-5-10-7-15(3)14-12(10)11(8)6-13-9(2)16/h4-5,7H,6H2,1-3H3,(H,13,16). The van der Waals surface area contributed by atoms with Crippen molar-refractivity contribution in [1.82, 2.24) is 15.1 Å². The Morgan fingerprint density at radius 3 is 2.94 bits per heavy atom. The van der Waals surface area contributed by atoms with Crippen LogP contribution in [-0.4, -0.2) is 15.7 Å². The molecule has 1 N–H and O–H groups in total. The molecule has 0 fully saturated rings. The first-order chi connectivity index (χ1) is 7.58. The number of carbonyl (C=O) groups excluding carboxylic acids is 1. The van der Waals surface area contributed by atoms with Crippen LogP contribution in [0.25, 0.3) is 10.9 Å². The van der Waals surface area contributed by atoms with Crippen molar-refractivity contribution in [3.05, 3.63) is 29.5 Å². The molecule has 1 aromatic heterocycles. The largest absolute Gasteiger partial charge is 0.352 e.